The van der Waals surface area contributed by atoms with Crippen LogP contribution < -0.4 is 10.5 Å². The smallest absolute Gasteiger partial charge is 0.124 e. The van der Waals surface area contributed by atoms with E-state index >= 15 is 0 Å². The van der Waals surface area contributed by atoms with Gasteiger partial charge in [0.2, 0.25) is 0 Å². The van der Waals surface area contributed by atoms with E-state index in [9.17, 15) is 0 Å². The molecule has 0 fully saturated rings. The summed E-state index contributed by atoms with van der Waals surface area (Å²) in [5.41, 5.74) is 8.24. The molecule has 0 radical (unpaired) electrons. The number of rotatable bonds is 7. The third-order valence-corrected chi connectivity index (χ3v) is 3.51. The van der Waals surface area contributed by atoms with Crippen molar-refractivity contribution in [1.29, 1.82) is 0 Å². The van der Waals surface area contributed by atoms with Gasteiger partial charge in [-0.3, -0.25) is 0 Å². The first-order chi connectivity index (χ1) is 10.0. The molecule has 1 unspecified atom stereocenters. The largest absolute Gasteiger partial charge is 0.494 e. The second-order valence-electron chi connectivity index (χ2n) is 5.63. The van der Waals surface area contributed by atoms with Gasteiger partial charge in [-0.2, -0.15) is 0 Å². The number of fused-ring (bicyclic) bond motifs is 1. The van der Waals surface area contributed by atoms with E-state index in [1.54, 1.807) is 0 Å². The van der Waals surface area contributed by atoms with Crippen LogP contribution in [0.1, 0.15) is 26.1 Å². The number of hydrogen-bond acceptors (Lipinski definition) is 4. The van der Waals surface area contributed by atoms with Crippen LogP contribution >= 0.6 is 0 Å². The molecule has 0 saturated carbocycles. The van der Waals surface area contributed by atoms with Crippen molar-refractivity contribution >= 4 is 11.0 Å². The van der Waals surface area contributed by atoms with Crippen LogP contribution in [-0.2, 0) is 13.1 Å². The summed E-state index contributed by atoms with van der Waals surface area (Å²) in [4.78, 5) is 6.89. The number of nitrogens with two attached hydrogens (primary N) is 1. The number of imidazole rings is 1. The van der Waals surface area contributed by atoms with Crippen LogP contribution in [0.5, 0.6) is 5.75 Å². The number of nitrogens with zero attached hydrogens (tertiary/aromatic N) is 3. The average molecular weight is 290 g/mol. The third kappa shape index (κ3) is 3.74. The van der Waals surface area contributed by atoms with E-state index in [2.05, 4.69) is 36.6 Å². The van der Waals surface area contributed by atoms with Crippen LogP contribution in [0.15, 0.2) is 18.2 Å². The van der Waals surface area contributed by atoms with E-state index in [1.165, 1.54) is 0 Å². The predicted molar refractivity (Wildman–Crippen MR) is 86.6 cm³/mol. The van der Waals surface area contributed by atoms with Gasteiger partial charge in [0.15, 0.2) is 0 Å². The maximum atomic E-state index is 6.15. The van der Waals surface area contributed by atoms with Gasteiger partial charge in [0.1, 0.15) is 11.6 Å². The van der Waals surface area contributed by atoms with Crippen LogP contribution in [0, 0.1) is 0 Å². The molecule has 0 aliphatic carbocycles. The molecule has 0 spiro atoms. The molecule has 1 heterocycles. The Morgan fingerprint density at radius 3 is 2.71 bits per heavy atom. The minimum atomic E-state index is 0.148. The Kier molecular flexibility index (Phi) is 5.20. The molecule has 0 amide bonds. The van der Waals surface area contributed by atoms with Crippen molar-refractivity contribution in [3.05, 3.63) is 24.0 Å². The van der Waals surface area contributed by atoms with Crippen LogP contribution in [0.4, 0.5) is 0 Å². The van der Waals surface area contributed by atoms with Crippen LogP contribution in [-0.4, -0.2) is 41.2 Å². The maximum Gasteiger partial charge on any atom is 0.124 e. The number of hydrogen-bond donors (Lipinski definition) is 1. The lowest BCUT2D eigenvalue weighted by Crippen LogP contribution is -2.27. The number of ether oxygens (including phenoxy) is 1. The minimum Gasteiger partial charge on any atom is -0.494 e. The molecule has 1 aromatic carbocycles. The first-order valence-electron chi connectivity index (χ1n) is 7.57. The standard InChI is InChI=1S/C16H26N4O/c1-5-12(17)10-20-15-8-7-13(21-6-2)9-14(15)18-16(20)11-19(3)4/h7-9,12H,5-6,10-11,17H2,1-4H3. The summed E-state index contributed by atoms with van der Waals surface area (Å²) in [6.45, 7) is 6.36. The van der Waals surface area contributed by atoms with E-state index in [0.29, 0.717) is 6.61 Å². The molecule has 0 aliphatic heterocycles. The number of aromatic nitrogens is 2. The van der Waals surface area contributed by atoms with Crippen molar-refractivity contribution in [1.82, 2.24) is 14.5 Å². The predicted octanol–water partition coefficient (Wildman–Crippen LogP) is 2.23. The van der Waals surface area contributed by atoms with E-state index < -0.39 is 0 Å². The molecule has 2 N–H and O–H groups in total. The summed E-state index contributed by atoms with van der Waals surface area (Å²) >= 11 is 0. The van der Waals surface area contributed by atoms with Gasteiger partial charge in [-0.1, -0.05) is 6.92 Å². The Bertz CT molecular complexity index is 591. The Balaban J connectivity index is 2.44. The summed E-state index contributed by atoms with van der Waals surface area (Å²) in [6, 6.07) is 6.23. The SMILES string of the molecule is CCOc1ccc2c(c1)nc(CN(C)C)n2CC(N)CC. The van der Waals surface area contributed by atoms with Crippen LogP contribution in [0.25, 0.3) is 11.0 Å². The van der Waals surface area contributed by atoms with Gasteiger partial charge in [-0.15, -0.1) is 0 Å². The summed E-state index contributed by atoms with van der Waals surface area (Å²) < 4.78 is 7.80. The fourth-order valence-electron chi connectivity index (χ4n) is 2.39. The van der Waals surface area contributed by atoms with Crippen LogP contribution in [0.3, 0.4) is 0 Å². The van der Waals surface area contributed by atoms with Gasteiger partial charge in [-0.05, 0) is 39.6 Å². The molecule has 0 aliphatic rings. The normalized spacial score (nSPS) is 13.0. The summed E-state index contributed by atoms with van der Waals surface area (Å²) in [5, 5.41) is 0. The van der Waals surface area contributed by atoms with Crippen molar-refractivity contribution in [3.63, 3.8) is 0 Å². The van der Waals surface area contributed by atoms with E-state index in [4.69, 9.17) is 15.5 Å². The Morgan fingerprint density at radius 1 is 1.33 bits per heavy atom. The lowest BCUT2D eigenvalue weighted by molar-refractivity contribution is 0.340. The van der Waals surface area contributed by atoms with Gasteiger partial charge in [0, 0.05) is 18.7 Å². The van der Waals surface area contributed by atoms with Gasteiger partial charge in [0.05, 0.1) is 24.2 Å². The summed E-state index contributed by atoms with van der Waals surface area (Å²) in [5.74, 6) is 1.92. The molecule has 0 bridgehead atoms. The minimum absolute atomic E-state index is 0.148. The van der Waals surface area contributed by atoms with E-state index in [0.717, 1.165) is 42.1 Å². The molecule has 1 aromatic heterocycles. The molecule has 5 nitrogen and oxygen atoms in total. The van der Waals surface area contributed by atoms with Crippen LogP contribution in [0.2, 0.25) is 0 Å². The molecule has 1 atom stereocenters. The lowest BCUT2D eigenvalue weighted by Gasteiger charge is -2.16. The Hall–Kier alpha value is -1.59. The van der Waals surface area contributed by atoms with Gasteiger partial charge in [0.25, 0.3) is 0 Å². The van der Waals surface area contributed by atoms with Gasteiger partial charge in [-0.25, -0.2) is 4.98 Å². The molecular weight excluding hydrogens is 264 g/mol. The highest BCUT2D eigenvalue weighted by Crippen LogP contribution is 2.23. The molecule has 116 valence electrons. The summed E-state index contributed by atoms with van der Waals surface area (Å²) in [7, 11) is 4.10. The highest BCUT2D eigenvalue weighted by atomic mass is 16.5. The second-order valence-corrected chi connectivity index (χ2v) is 5.63. The molecule has 2 rings (SSSR count). The maximum absolute atomic E-state index is 6.15. The van der Waals surface area contributed by atoms with E-state index in [1.807, 2.05) is 19.1 Å². The fraction of sp³-hybridized carbons (Fsp3) is 0.562. The Morgan fingerprint density at radius 2 is 2.10 bits per heavy atom. The average Bonchev–Trinajstić information content (AvgIpc) is 2.75. The topological polar surface area (TPSA) is 56.3 Å². The van der Waals surface area contributed by atoms with Crippen molar-refractivity contribution < 1.29 is 4.74 Å². The zero-order valence-corrected chi connectivity index (χ0v) is 13.5. The molecular formula is C16H26N4O. The molecule has 21 heavy (non-hydrogen) atoms. The summed E-state index contributed by atoms with van der Waals surface area (Å²) in [6.07, 6.45) is 0.956. The molecule has 5 heteroatoms. The van der Waals surface area contributed by atoms with Crippen molar-refractivity contribution in [2.45, 2.75) is 39.4 Å². The quantitative estimate of drug-likeness (QED) is 0.849. The van der Waals surface area contributed by atoms with Gasteiger partial charge >= 0.3 is 0 Å². The molecule has 0 saturated heterocycles. The van der Waals surface area contributed by atoms with Crippen molar-refractivity contribution in [2.24, 2.45) is 5.73 Å². The molecule has 2 aromatic rings. The highest BCUT2D eigenvalue weighted by Gasteiger charge is 2.14. The first-order valence-corrected chi connectivity index (χ1v) is 7.57. The fourth-order valence-corrected chi connectivity index (χ4v) is 2.39. The van der Waals surface area contributed by atoms with Gasteiger partial charge < -0.3 is 19.9 Å². The van der Waals surface area contributed by atoms with Crippen molar-refractivity contribution in [2.75, 3.05) is 20.7 Å². The number of benzene rings is 1. The zero-order chi connectivity index (χ0) is 15.4. The lowest BCUT2D eigenvalue weighted by atomic mass is 10.2. The second kappa shape index (κ2) is 6.91. The highest BCUT2D eigenvalue weighted by molar-refractivity contribution is 5.77. The monoisotopic (exact) mass is 290 g/mol. The zero-order valence-electron chi connectivity index (χ0n) is 13.5. The van der Waals surface area contributed by atoms with Crippen molar-refractivity contribution in [3.8, 4) is 5.75 Å². The van der Waals surface area contributed by atoms with E-state index in [-0.39, 0.29) is 6.04 Å². The third-order valence-electron chi connectivity index (χ3n) is 3.51. The first kappa shape index (κ1) is 15.8. The Labute approximate surface area is 126 Å².